The summed E-state index contributed by atoms with van der Waals surface area (Å²) in [4.78, 5) is 24.9. The van der Waals surface area contributed by atoms with Crippen LogP contribution in [0.15, 0.2) is 0 Å². The van der Waals surface area contributed by atoms with Gasteiger partial charge in [-0.3, -0.25) is 9.59 Å². The van der Waals surface area contributed by atoms with Gasteiger partial charge in [-0.25, -0.2) is 0 Å². The van der Waals surface area contributed by atoms with Gasteiger partial charge in [0.05, 0.1) is 19.3 Å². The third-order valence-electron chi connectivity index (χ3n) is 3.60. The first-order valence-electron chi connectivity index (χ1n) is 6.49. The lowest BCUT2D eigenvalue weighted by Crippen LogP contribution is -2.43. The SMILES string of the molecule is O=C(CCN1CCCC1)NC1COCC1C(=O)O. The van der Waals surface area contributed by atoms with Crippen LogP contribution in [0, 0.1) is 5.92 Å². The predicted octanol–water partition coefficient (Wildman–Crippen LogP) is -0.312. The zero-order valence-corrected chi connectivity index (χ0v) is 10.4. The number of amides is 1. The summed E-state index contributed by atoms with van der Waals surface area (Å²) in [5.74, 6) is -1.60. The number of carbonyl (C=O) groups excluding carboxylic acids is 1. The Morgan fingerprint density at radius 2 is 2.00 bits per heavy atom. The molecule has 6 heteroatoms. The van der Waals surface area contributed by atoms with Gasteiger partial charge < -0.3 is 20.1 Å². The van der Waals surface area contributed by atoms with Crippen molar-refractivity contribution in [3.63, 3.8) is 0 Å². The summed E-state index contributed by atoms with van der Waals surface area (Å²) in [6.07, 6.45) is 2.85. The van der Waals surface area contributed by atoms with Crippen LogP contribution in [0.3, 0.4) is 0 Å². The molecule has 1 amide bonds. The number of ether oxygens (including phenoxy) is 1. The highest BCUT2D eigenvalue weighted by Gasteiger charge is 2.34. The Hall–Kier alpha value is -1.14. The van der Waals surface area contributed by atoms with Crippen molar-refractivity contribution >= 4 is 11.9 Å². The lowest BCUT2D eigenvalue weighted by Gasteiger charge is -2.18. The minimum atomic E-state index is -0.905. The number of rotatable bonds is 5. The highest BCUT2D eigenvalue weighted by Crippen LogP contribution is 2.14. The van der Waals surface area contributed by atoms with Gasteiger partial charge in [0.1, 0.15) is 5.92 Å². The number of nitrogens with one attached hydrogen (secondary N) is 1. The molecule has 2 atom stereocenters. The Labute approximate surface area is 106 Å². The lowest BCUT2D eigenvalue weighted by atomic mass is 10.0. The third kappa shape index (κ3) is 3.43. The number of carbonyl (C=O) groups is 2. The van der Waals surface area contributed by atoms with E-state index in [-0.39, 0.29) is 18.6 Å². The zero-order chi connectivity index (χ0) is 13.0. The molecule has 0 radical (unpaired) electrons. The number of aliphatic carboxylic acids is 1. The van der Waals surface area contributed by atoms with E-state index < -0.39 is 11.9 Å². The third-order valence-corrected chi connectivity index (χ3v) is 3.60. The molecule has 6 nitrogen and oxygen atoms in total. The molecule has 2 heterocycles. The first-order chi connectivity index (χ1) is 8.66. The fraction of sp³-hybridized carbons (Fsp3) is 0.833. The average Bonchev–Trinajstić information content (AvgIpc) is 2.96. The number of carboxylic acids is 1. The molecule has 2 rings (SSSR count). The van der Waals surface area contributed by atoms with Crippen LogP contribution < -0.4 is 5.32 Å². The Bertz CT molecular complexity index is 315. The number of nitrogens with zero attached hydrogens (tertiary/aromatic N) is 1. The van der Waals surface area contributed by atoms with Gasteiger partial charge in [-0.2, -0.15) is 0 Å². The van der Waals surface area contributed by atoms with Crippen molar-refractivity contribution in [3.05, 3.63) is 0 Å². The maximum absolute atomic E-state index is 11.7. The van der Waals surface area contributed by atoms with Crippen LogP contribution in [0.1, 0.15) is 19.3 Å². The molecule has 0 aromatic rings. The molecular formula is C12H20N2O4. The number of hydrogen-bond acceptors (Lipinski definition) is 4. The van der Waals surface area contributed by atoms with Crippen molar-refractivity contribution in [2.24, 2.45) is 5.92 Å². The van der Waals surface area contributed by atoms with Crippen LogP contribution in [0.2, 0.25) is 0 Å². The second kappa shape index (κ2) is 6.15. The van der Waals surface area contributed by atoms with Crippen molar-refractivity contribution in [2.45, 2.75) is 25.3 Å². The van der Waals surface area contributed by atoms with Gasteiger partial charge in [-0.1, -0.05) is 0 Å². The zero-order valence-electron chi connectivity index (χ0n) is 10.4. The van der Waals surface area contributed by atoms with Crippen LogP contribution >= 0.6 is 0 Å². The first-order valence-corrected chi connectivity index (χ1v) is 6.49. The van der Waals surface area contributed by atoms with E-state index in [0.29, 0.717) is 13.0 Å². The molecule has 2 N–H and O–H groups in total. The van der Waals surface area contributed by atoms with E-state index in [1.807, 2.05) is 0 Å². The number of hydrogen-bond donors (Lipinski definition) is 2. The van der Waals surface area contributed by atoms with Crippen LogP contribution in [0.4, 0.5) is 0 Å². The molecule has 102 valence electrons. The predicted molar refractivity (Wildman–Crippen MR) is 64.2 cm³/mol. The highest BCUT2D eigenvalue weighted by atomic mass is 16.5. The summed E-state index contributed by atoms with van der Waals surface area (Å²) >= 11 is 0. The Kier molecular flexibility index (Phi) is 4.54. The quantitative estimate of drug-likeness (QED) is 0.705. The molecule has 0 bridgehead atoms. The molecule has 18 heavy (non-hydrogen) atoms. The topological polar surface area (TPSA) is 78.9 Å². The van der Waals surface area contributed by atoms with Gasteiger partial charge >= 0.3 is 5.97 Å². The van der Waals surface area contributed by atoms with Crippen LogP contribution in [0.25, 0.3) is 0 Å². The minimum Gasteiger partial charge on any atom is -0.481 e. The molecule has 2 fully saturated rings. The van der Waals surface area contributed by atoms with Gasteiger partial charge in [-0.05, 0) is 25.9 Å². The van der Waals surface area contributed by atoms with Crippen molar-refractivity contribution in [1.29, 1.82) is 0 Å². The molecule has 2 unspecified atom stereocenters. The Morgan fingerprint density at radius 3 is 2.67 bits per heavy atom. The fourth-order valence-corrected chi connectivity index (χ4v) is 2.48. The summed E-state index contributed by atoms with van der Waals surface area (Å²) in [6.45, 7) is 3.38. The molecule has 0 saturated carbocycles. The van der Waals surface area contributed by atoms with E-state index in [1.54, 1.807) is 0 Å². The van der Waals surface area contributed by atoms with E-state index >= 15 is 0 Å². The largest absolute Gasteiger partial charge is 0.481 e. The molecule has 0 aliphatic carbocycles. The summed E-state index contributed by atoms with van der Waals surface area (Å²) < 4.78 is 5.10. The van der Waals surface area contributed by atoms with Gasteiger partial charge in [0, 0.05) is 13.0 Å². The van der Waals surface area contributed by atoms with Gasteiger partial charge in [-0.15, -0.1) is 0 Å². The second-order valence-electron chi connectivity index (χ2n) is 4.95. The van der Waals surface area contributed by atoms with Crippen molar-refractivity contribution in [2.75, 3.05) is 32.8 Å². The Balaban J connectivity index is 1.71. The summed E-state index contributed by atoms with van der Waals surface area (Å²) in [6, 6.07) is -0.381. The number of likely N-dealkylation sites (tertiary alicyclic amines) is 1. The normalized spacial score (nSPS) is 28.4. The second-order valence-corrected chi connectivity index (χ2v) is 4.95. The van der Waals surface area contributed by atoms with E-state index in [1.165, 1.54) is 12.8 Å². The van der Waals surface area contributed by atoms with E-state index in [0.717, 1.165) is 19.6 Å². The highest BCUT2D eigenvalue weighted by molar-refractivity contribution is 5.78. The van der Waals surface area contributed by atoms with E-state index in [2.05, 4.69) is 10.2 Å². The first kappa shape index (κ1) is 13.3. The minimum absolute atomic E-state index is 0.0800. The van der Waals surface area contributed by atoms with Crippen LogP contribution in [-0.2, 0) is 14.3 Å². The van der Waals surface area contributed by atoms with Crippen LogP contribution in [-0.4, -0.2) is 60.8 Å². The maximum atomic E-state index is 11.7. The van der Waals surface area contributed by atoms with E-state index in [4.69, 9.17) is 9.84 Å². The van der Waals surface area contributed by atoms with Gasteiger partial charge in [0.2, 0.25) is 5.91 Å². The molecule has 0 aromatic carbocycles. The van der Waals surface area contributed by atoms with E-state index in [9.17, 15) is 9.59 Å². The summed E-state index contributed by atoms with van der Waals surface area (Å²) in [7, 11) is 0. The monoisotopic (exact) mass is 256 g/mol. The van der Waals surface area contributed by atoms with Crippen LogP contribution in [0.5, 0.6) is 0 Å². The lowest BCUT2D eigenvalue weighted by molar-refractivity contribution is -0.142. The standard InChI is InChI=1S/C12H20N2O4/c15-11(3-6-14-4-1-2-5-14)13-10-8-18-7-9(10)12(16)17/h9-10H,1-8H2,(H,13,15)(H,16,17). The molecule has 2 aliphatic heterocycles. The fourth-order valence-electron chi connectivity index (χ4n) is 2.48. The summed E-state index contributed by atoms with van der Waals surface area (Å²) in [5.41, 5.74) is 0. The molecular weight excluding hydrogens is 236 g/mol. The van der Waals surface area contributed by atoms with Crippen molar-refractivity contribution < 1.29 is 19.4 Å². The molecule has 0 aromatic heterocycles. The number of carboxylic acid groups (broad SMARTS) is 1. The molecule has 2 aliphatic rings. The van der Waals surface area contributed by atoms with Crippen molar-refractivity contribution in [3.8, 4) is 0 Å². The molecule has 2 saturated heterocycles. The average molecular weight is 256 g/mol. The Morgan fingerprint density at radius 1 is 1.28 bits per heavy atom. The van der Waals surface area contributed by atoms with Gasteiger partial charge in [0.25, 0.3) is 0 Å². The van der Waals surface area contributed by atoms with Crippen molar-refractivity contribution in [1.82, 2.24) is 10.2 Å². The maximum Gasteiger partial charge on any atom is 0.311 e. The smallest absolute Gasteiger partial charge is 0.311 e. The summed E-state index contributed by atoms with van der Waals surface area (Å²) in [5, 5.41) is 11.7. The molecule has 0 spiro atoms. The van der Waals surface area contributed by atoms with Gasteiger partial charge in [0.15, 0.2) is 0 Å².